The average Bonchev–Trinajstić information content (AvgIpc) is 3.07. The largest absolute Gasteiger partial charge is 0.361 e. The zero-order valence-electron chi connectivity index (χ0n) is 13.7. The van der Waals surface area contributed by atoms with Crippen molar-refractivity contribution in [2.45, 2.75) is 40.2 Å². The molecule has 0 aliphatic heterocycles. The third-order valence-electron chi connectivity index (χ3n) is 3.92. The van der Waals surface area contributed by atoms with E-state index in [4.69, 9.17) is 4.52 Å². The van der Waals surface area contributed by atoms with Crippen molar-refractivity contribution < 1.29 is 4.52 Å². The SMILES string of the molecule is Cc1noc(C)c1CN(C)c1cc(C(C)C)nc2ccnn12. The smallest absolute Gasteiger partial charge is 0.157 e. The molecule has 0 fully saturated rings. The van der Waals surface area contributed by atoms with Crippen molar-refractivity contribution in [2.24, 2.45) is 0 Å². The van der Waals surface area contributed by atoms with E-state index >= 15 is 0 Å². The molecular formula is C16H21N5O. The Labute approximate surface area is 129 Å². The van der Waals surface area contributed by atoms with Crippen LogP contribution in [0.5, 0.6) is 0 Å². The van der Waals surface area contributed by atoms with E-state index in [2.05, 4.69) is 40.1 Å². The van der Waals surface area contributed by atoms with Crippen LogP contribution in [0.2, 0.25) is 0 Å². The maximum Gasteiger partial charge on any atom is 0.157 e. The van der Waals surface area contributed by atoms with Crippen LogP contribution in [0.3, 0.4) is 0 Å². The molecule has 116 valence electrons. The van der Waals surface area contributed by atoms with Crippen LogP contribution in [0.25, 0.3) is 5.65 Å². The molecule has 3 rings (SSSR count). The van der Waals surface area contributed by atoms with E-state index in [0.717, 1.165) is 40.7 Å². The molecule has 0 saturated carbocycles. The van der Waals surface area contributed by atoms with Gasteiger partial charge in [0, 0.05) is 37.0 Å². The first-order valence-corrected chi connectivity index (χ1v) is 7.45. The van der Waals surface area contributed by atoms with Crippen molar-refractivity contribution in [1.29, 1.82) is 0 Å². The van der Waals surface area contributed by atoms with Crippen molar-refractivity contribution in [2.75, 3.05) is 11.9 Å². The van der Waals surface area contributed by atoms with Crippen molar-refractivity contribution in [1.82, 2.24) is 19.8 Å². The van der Waals surface area contributed by atoms with Crippen LogP contribution < -0.4 is 4.90 Å². The van der Waals surface area contributed by atoms with Gasteiger partial charge in [0.2, 0.25) is 0 Å². The van der Waals surface area contributed by atoms with Gasteiger partial charge in [-0.25, -0.2) is 4.98 Å². The van der Waals surface area contributed by atoms with Crippen LogP contribution in [0.15, 0.2) is 22.9 Å². The molecule has 6 heteroatoms. The van der Waals surface area contributed by atoms with Crippen molar-refractivity contribution in [3.8, 4) is 0 Å². The molecule has 0 aliphatic carbocycles. The maximum absolute atomic E-state index is 5.26. The number of anilines is 1. The summed E-state index contributed by atoms with van der Waals surface area (Å²) in [4.78, 5) is 6.81. The minimum absolute atomic E-state index is 0.367. The second kappa shape index (κ2) is 5.44. The van der Waals surface area contributed by atoms with Gasteiger partial charge in [0.25, 0.3) is 0 Å². The molecule has 22 heavy (non-hydrogen) atoms. The highest BCUT2D eigenvalue weighted by atomic mass is 16.5. The van der Waals surface area contributed by atoms with Crippen molar-refractivity contribution in [3.63, 3.8) is 0 Å². The minimum atomic E-state index is 0.367. The van der Waals surface area contributed by atoms with E-state index in [9.17, 15) is 0 Å². The lowest BCUT2D eigenvalue weighted by molar-refractivity contribution is 0.392. The van der Waals surface area contributed by atoms with Crippen LogP contribution >= 0.6 is 0 Å². The van der Waals surface area contributed by atoms with E-state index < -0.39 is 0 Å². The highest BCUT2D eigenvalue weighted by molar-refractivity contribution is 5.51. The van der Waals surface area contributed by atoms with Crippen molar-refractivity contribution in [3.05, 3.63) is 41.0 Å². The summed E-state index contributed by atoms with van der Waals surface area (Å²) in [5.74, 6) is 2.24. The monoisotopic (exact) mass is 299 g/mol. The van der Waals surface area contributed by atoms with Gasteiger partial charge in [-0.3, -0.25) is 0 Å². The summed E-state index contributed by atoms with van der Waals surface area (Å²) in [5.41, 5.74) is 3.98. The van der Waals surface area contributed by atoms with Crippen LogP contribution in [-0.4, -0.2) is 26.8 Å². The lowest BCUT2D eigenvalue weighted by Gasteiger charge is -2.21. The highest BCUT2D eigenvalue weighted by Crippen LogP contribution is 2.23. The molecule has 6 nitrogen and oxygen atoms in total. The Hall–Kier alpha value is -2.37. The molecule has 0 saturated heterocycles. The second-order valence-electron chi connectivity index (χ2n) is 5.95. The second-order valence-corrected chi connectivity index (χ2v) is 5.95. The fraction of sp³-hybridized carbons (Fsp3) is 0.438. The Morgan fingerprint density at radius 1 is 1.32 bits per heavy atom. The summed E-state index contributed by atoms with van der Waals surface area (Å²) in [7, 11) is 2.05. The Morgan fingerprint density at radius 3 is 2.73 bits per heavy atom. The van der Waals surface area contributed by atoms with Gasteiger partial charge in [-0.05, 0) is 19.8 Å². The first-order chi connectivity index (χ1) is 10.5. The number of aryl methyl sites for hydroxylation is 2. The Balaban J connectivity index is 2.03. The van der Waals surface area contributed by atoms with E-state index in [-0.39, 0.29) is 0 Å². The Kier molecular flexibility index (Phi) is 3.60. The normalized spacial score (nSPS) is 11.5. The molecule has 0 atom stereocenters. The van der Waals surface area contributed by atoms with Crippen molar-refractivity contribution >= 4 is 11.5 Å². The lowest BCUT2D eigenvalue weighted by atomic mass is 10.1. The third kappa shape index (κ3) is 2.45. The van der Waals surface area contributed by atoms with Gasteiger partial charge in [-0.2, -0.15) is 9.61 Å². The van der Waals surface area contributed by atoms with Gasteiger partial charge in [-0.15, -0.1) is 0 Å². The summed E-state index contributed by atoms with van der Waals surface area (Å²) in [6, 6.07) is 4.03. The predicted molar refractivity (Wildman–Crippen MR) is 85.2 cm³/mol. The molecule has 3 heterocycles. The van der Waals surface area contributed by atoms with Gasteiger partial charge >= 0.3 is 0 Å². The number of hydrogen-bond donors (Lipinski definition) is 0. The summed E-state index contributed by atoms with van der Waals surface area (Å²) in [6.07, 6.45) is 1.78. The van der Waals surface area contributed by atoms with Gasteiger partial charge in [-0.1, -0.05) is 19.0 Å². The number of hydrogen-bond acceptors (Lipinski definition) is 5. The van der Waals surface area contributed by atoms with Crippen LogP contribution in [0, 0.1) is 13.8 Å². The van der Waals surface area contributed by atoms with E-state index in [1.165, 1.54) is 0 Å². The third-order valence-corrected chi connectivity index (χ3v) is 3.92. The molecule has 0 unspecified atom stereocenters. The van der Waals surface area contributed by atoms with Gasteiger partial charge < -0.3 is 9.42 Å². The molecule has 0 radical (unpaired) electrons. The molecule has 3 aromatic rings. The molecule has 0 amide bonds. The molecule has 0 N–H and O–H groups in total. The molecule has 3 aromatic heterocycles. The Bertz CT molecular complexity index is 783. The van der Waals surface area contributed by atoms with Crippen LogP contribution in [0.1, 0.15) is 42.5 Å². The number of rotatable bonds is 4. The first-order valence-electron chi connectivity index (χ1n) is 7.45. The van der Waals surface area contributed by atoms with Gasteiger partial charge in [0.05, 0.1) is 11.9 Å². The van der Waals surface area contributed by atoms with Crippen LogP contribution in [0.4, 0.5) is 5.82 Å². The molecule has 0 aromatic carbocycles. The number of aromatic nitrogens is 4. The average molecular weight is 299 g/mol. The number of fused-ring (bicyclic) bond motifs is 1. The van der Waals surface area contributed by atoms with E-state index in [1.54, 1.807) is 6.20 Å². The molecular weight excluding hydrogens is 278 g/mol. The zero-order valence-corrected chi connectivity index (χ0v) is 13.7. The summed E-state index contributed by atoms with van der Waals surface area (Å²) in [6.45, 7) is 8.92. The first kappa shape index (κ1) is 14.6. The van der Waals surface area contributed by atoms with E-state index in [0.29, 0.717) is 5.92 Å². The topological polar surface area (TPSA) is 59.5 Å². The lowest BCUT2D eigenvalue weighted by Crippen LogP contribution is -2.21. The fourth-order valence-corrected chi connectivity index (χ4v) is 2.53. The summed E-state index contributed by atoms with van der Waals surface area (Å²) in [5, 5.41) is 8.41. The van der Waals surface area contributed by atoms with Gasteiger partial charge in [0.1, 0.15) is 11.6 Å². The summed E-state index contributed by atoms with van der Waals surface area (Å²) >= 11 is 0. The zero-order chi connectivity index (χ0) is 15.9. The predicted octanol–water partition coefficient (Wildman–Crippen LogP) is 3.09. The van der Waals surface area contributed by atoms with Crippen LogP contribution in [-0.2, 0) is 6.54 Å². The molecule has 0 aliphatic rings. The number of nitrogens with zero attached hydrogens (tertiary/aromatic N) is 5. The Morgan fingerprint density at radius 2 is 2.09 bits per heavy atom. The summed E-state index contributed by atoms with van der Waals surface area (Å²) < 4.78 is 7.12. The molecule has 0 spiro atoms. The fourth-order valence-electron chi connectivity index (χ4n) is 2.53. The molecule has 0 bridgehead atoms. The van der Waals surface area contributed by atoms with E-state index in [1.807, 2.05) is 31.5 Å². The quantitative estimate of drug-likeness (QED) is 0.741. The maximum atomic E-state index is 5.26. The van der Waals surface area contributed by atoms with Gasteiger partial charge in [0.15, 0.2) is 5.65 Å². The highest BCUT2D eigenvalue weighted by Gasteiger charge is 2.16. The standard InChI is InChI=1S/C16H21N5O/c1-10(2)14-8-16(21-15(18-14)6-7-17-21)20(5)9-13-11(3)19-22-12(13)4/h6-8,10H,9H2,1-5H3. The minimum Gasteiger partial charge on any atom is -0.361 e.